The van der Waals surface area contributed by atoms with Gasteiger partial charge in [-0.15, -0.1) is 34.8 Å². The van der Waals surface area contributed by atoms with Crippen LogP contribution in [0.2, 0.25) is 10.0 Å². The maximum atomic E-state index is 13.5. The maximum Gasteiger partial charge on any atom is 0.258 e. The van der Waals surface area contributed by atoms with Crippen LogP contribution in [0.3, 0.4) is 0 Å². The summed E-state index contributed by atoms with van der Waals surface area (Å²) in [5.74, 6) is -3.26. The van der Waals surface area contributed by atoms with E-state index in [2.05, 4.69) is 41.7 Å². The van der Waals surface area contributed by atoms with E-state index in [9.17, 15) is 28.8 Å². The fourth-order valence-corrected chi connectivity index (χ4v) is 7.28. The molecule has 0 saturated carbocycles. The number of ether oxygens (including phenoxy) is 2. The lowest BCUT2D eigenvalue weighted by molar-refractivity contribution is -0.127. The van der Waals surface area contributed by atoms with Gasteiger partial charge in [-0.2, -0.15) is 20.5 Å². The van der Waals surface area contributed by atoms with Crippen molar-refractivity contribution in [2.24, 2.45) is 20.5 Å². The molecule has 16 nitrogen and oxygen atoms in total. The van der Waals surface area contributed by atoms with Crippen LogP contribution in [0.4, 0.5) is 34.1 Å². The van der Waals surface area contributed by atoms with E-state index in [1.807, 2.05) is 0 Å². The molecule has 0 aliphatic carbocycles. The highest BCUT2D eigenvalue weighted by Crippen LogP contribution is 2.34. The summed E-state index contributed by atoms with van der Waals surface area (Å²) in [5.41, 5.74) is 3.54. The molecule has 5 rings (SSSR count). The zero-order chi connectivity index (χ0) is 50.5. The Bertz CT molecular complexity index is 2840. The fraction of sp³-hybridized carbons (Fsp3) is 0.250. The van der Waals surface area contributed by atoms with Crippen LogP contribution in [0.15, 0.2) is 111 Å². The number of nitrogens with one attached hydrogen (secondary N) is 4. The van der Waals surface area contributed by atoms with Crippen molar-refractivity contribution in [3.63, 3.8) is 0 Å². The van der Waals surface area contributed by atoms with Crippen molar-refractivity contribution in [3.8, 4) is 11.5 Å². The zero-order valence-corrected chi connectivity index (χ0v) is 41.6. The highest BCUT2D eigenvalue weighted by Gasteiger charge is 2.26. The van der Waals surface area contributed by atoms with Gasteiger partial charge in [0.05, 0.1) is 68.9 Å². The molecule has 5 aromatic rings. The third-order valence-electron chi connectivity index (χ3n) is 10.1. The molecule has 4 amide bonds. The van der Waals surface area contributed by atoms with Crippen LogP contribution in [0.5, 0.6) is 11.5 Å². The molecule has 0 fully saturated rings. The number of amides is 4. The number of hydrogen-bond donors (Lipinski definition) is 4. The minimum atomic E-state index is -1.61. The van der Waals surface area contributed by atoms with Gasteiger partial charge in [0.1, 0.15) is 11.5 Å². The minimum Gasteiger partial charge on any atom is -0.495 e. The predicted octanol–water partition coefficient (Wildman–Crippen LogP) is 12.3. The van der Waals surface area contributed by atoms with Crippen molar-refractivity contribution in [1.29, 1.82) is 0 Å². The minimum absolute atomic E-state index is 0.0317. The van der Waals surface area contributed by atoms with Crippen LogP contribution < -0.4 is 30.7 Å². The average molecular weight is 1040 g/mol. The molecule has 0 saturated heterocycles. The number of nitrogens with zero attached hydrogens (tertiary/aromatic N) is 4. The monoisotopic (exact) mass is 1040 g/mol. The van der Waals surface area contributed by atoms with Crippen LogP contribution in [-0.4, -0.2) is 67.4 Å². The Balaban J connectivity index is 1.27. The van der Waals surface area contributed by atoms with Gasteiger partial charge in [0, 0.05) is 17.3 Å². The van der Waals surface area contributed by atoms with Gasteiger partial charge >= 0.3 is 0 Å². The molecule has 0 aromatic heterocycles. The van der Waals surface area contributed by atoms with Crippen LogP contribution in [0.25, 0.3) is 0 Å². The number of rotatable bonds is 20. The molecular weight excluding hydrogens is 994 g/mol. The van der Waals surface area contributed by atoms with Gasteiger partial charge < -0.3 is 30.7 Å². The van der Waals surface area contributed by atoms with Crippen molar-refractivity contribution in [3.05, 3.63) is 129 Å². The quantitative estimate of drug-likeness (QED) is 0.0333. The van der Waals surface area contributed by atoms with Gasteiger partial charge in [-0.3, -0.25) is 28.8 Å². The van der Waals surface area contributed by atoms with E-state index >= 15 is 0 Å². The van der Waals surface area contributed by atoms with Crippen molar-refractivity contribution in [2.75, 3.05) is 41.4 Å². The maximum absolute atomic E-state index is 13.5. The number of methoxy groups -OCH3 is 2. The zero-order valence-electron chi connectivity index (χ0n) is 37.8. The van der Waals surface area contributed by atoms with Crippen LogP contribution in [-0.2, 0) is 25.6 Å². The molecule has 0 heterocycles. The Hall–Kier alpha value is -6.43. The first-order valence-corrected chi connectivity index (χ1v) is 23.0. The smallest absolute Gasteiger partial charge is 0.258 e. The molecule has 360 valence electrons. The topological polar surface area (TPSA) is 218 Å². The molecule has 0 radical (unpaired) electrons. The van der Waals surface area contributed by atoms with E-state index in [-0.39, 0.29) is 67.0 Å². The number of azo groups is 2. The summed E-state index contributed by atoms with van der Waals surface area (Å²) < 4.78 is 10.8. The highest BCUT2D eigenvalue weighted by molar-refractivity contribution is 6.35. The van der Waals surface area contributed by atoms with Gasteiger partial charge in [0.2, 0.25) is 12.1 Å². The number of halogens is 5. The van der Waals surface area contributed by atoms with E-state index in [1.165, 1.54) is 82.7 Å². The molecule has 4 N–H and O–H groups in total. The van der Waals surface area contributed by atoms with Crippen LogP contribution in [0, 0.1) is 0 Å². The molecule has 5 aromatic carbocycles. The normalized spacial score (nSPS) is 13.0. The standard InChI is InChI=1S/C48H45Cl5N8O8/c1-24(50)28-7-14-39(41(20-28)68-5)56-45(64)34-22-32(9-12-36(34)52)58-60-43(26(3)62)47(66)54-31-11-16-38(30(19-31)17-18-49)55-48(67)44(27(4)63)61-59-33-10-13-37(53)35(23-33)46(65)57-40-15-8-29(25(2)51)21-42(40)69-6/h7-16,19-25,43-44H,17-18H2,1-6H3,(H,54,66)(H,55,67)(H,56,64)(H,57,65). The molecule has 0 aliphatic heterocycles. The number of hydrogen-bond acceptors (Lipinski definition) is 12. The lowest BCUT2D eigenvalue weighted by atomic mass is 10.1. The molecule has 69 heavy (non-hydrogen) atoms. The summed E-state index contributed by atoms with van der Waals surface area (Å²) in [7, 11) is 2.91. The predicted molar refractivity (Wildman–Crippen MR) is 269 cm³/mol. The molecule has 4 atom stereocenters. The Morgan fingerprint density at radius 1 is 0.565 bits per heavy atom. The number of carbonyl (C=O) groups is 6. The van der Waals surface area contributed by atoms with Crippen molar-refractivity contribution < 1.29 is 38.2 Å². The Labute approximate surface area is 422 Å². The number of aryl methyl sites for hydroxylation is 1. The molecule has 4 unspecified atom stereocenters. The summed E-state index contributed by atoms with van der Waals surface area (Å²) in [5, 5.41) is 26.6. The number of anilines is 4. The van der Waals surface area contributed by atoms with Gasteiger partial charge in [-0.1, -0.05) is 35.3 Å². The van der Waals surface area contributed by atoms with E-state index in [0.717, 1.165) is 11.1 Å². The Morgan fingerprint density at radius 3 is 1.41 bits per heavy atom. The summed E-state index contributed by atoms with van der Waals surface area (Å²) in [6.45, 7) is 5.94. The molecular formula is C48H45Cl5N8O8. The third kappa shape index (κ3) is 14.3. The number of benzene rings is 5. The van der Waals surface area contributed by atoms with Crippen molar-refractivity contribution in [2.45, 2.75) is 57.0 Å². The second-order valence-corrected chi connectivity index (χ2v) is 17.6. The van der Waals surface area contributed by atoms with E-state index in [4.69, 9.17) is 67.5 Å². The van der Waals surface area contributed by atoms with Crippen LogP contribution in [0.1, 0.15) is 75.9 Å². The molecule has 0 aliphatic rings. The Kier molecular flexibility index (Phi) is 19.2. The van der Waals surface area contributed by atoms with Gasteiger partial charge in [0.15, 0.2) is 11.6 Å². The van der Waals surface area contributed by atoms with Gasteiger partial charge in [-0.05, 0) is 130 Å². The van der Waals surface area contributed by atoms with E-state index in [0.29, 0.717) is 28.4 Å². The van der Waals surface area contributed by atoms with Crippen molar-refractivity contribution in [1.82, 2.24) is 0 Å². The SMILES string of the molecule is COc1cc(C(C)Cl)ccc1NC(=O)c1cc(N=NC(C(C)=O)C(=O)Nc2ccc(NC(=O)C(N=Nc3ccc(Cl)c(C(=O)Nc4ccc(C(C)Cl)cc4OC)c3)C(C)=O)c(CCCl)c2)ccc1Cl. The summed E-state index contributed by atoms with van der Waals surface area (Å²) in [6, 6.07) is 19.9. The van der Waals surface area contributed by atoms with Crippen molar-refractivity contribution >= 4 is 127 Å². The second kappa shape index (κ2) is 24.7. The summed E-state index contributed by atoms with van der Waals surface area (Å²) in [6.07, 6.45) is 0.206. The Morgan fingerprint density at radius 2 is 1.00 bits per heavy atom. The fourth-order valence-electron chi connectivity index (χ4n) is 6.39. The first-order valence-electron chi connectivity index (χ1n) is 20.8. The third-order valence-corrected chi connectivity index (χ3v) is 11.4. The largest absolute Gasteiger partial charge is 0.495 e. The van der Waals surface area contributed by atoms with Gasteiger partial charge in [-0.25, -0.2) is 0 Å². The van der Waals surface area contributed by atoms with E-state index in [1.54, 1.807) is 50.2 Å². The second-order valence-electron chi connectivity index (χ2n) is 15.1. The lowest BCUT2D eigenvalue weighted by Crippen LogP contribution is -2.32. The number of alkyl halides is 3. The molecule has 0 spiro atoms. The van der Waals surface area contributed by atoms with E-state index < -0.39 is 47.3 Å². The lowest BCUT2D eigenvalue weighted by Gasteiger charge is -2.15. The number of Topliss-reactive ketones (excluding diaryl/α,β-unsaturated/α-hetero) is 2. The van der Waals surface area contributed by atoms with Crippen LogP contribution >= 0.6 is 58.0 Å². The summed E-state index contributed by atoms with van der Waals surface area (Å²) in [4.78, 5) is 79.0. The molecule has 0 bridgehead atoms. The average Bonchev–Trinajstić information content (AvgIpc) is 3.30. The highest BCUT2D eigenvalue weighted by atomic mass is 35.5. The number of ketones is 2. The van der Waals surface area contributed by atoms with Gasteiger partial charge in [0.25, 0.3) is 23.6 Å². The molecule has 21 heteroatoms. The summed E-state index contributed by atoms with van der Waals surface area (Å²) >= 11 is 31.2. The first kappa shape index (κ1) is 53.5. The number of carbonyl (C=O) groups excluding carboxylic acids is 6. The first-order chi connectivity index (χ1) is 32.8.